The van der Waals surface area contributed by atoms with Crippen LogP contribution >= 0.6 is 0 Å². The Kier molecular flexibility index (Phi) is 4.76. The molecule has 0 aromatic heterocycles. The largest absolute Gasteiger partial charge is 0.611 e. The molecule has 0 fully saturated rings. The van der Waals surface area contributed by atoms with Crippen molar-refractivity contribution in [2.24, 2.45) is 0 Å². The topological polar surface area (TPSA) is 57.2 Å². The van der Waals surface area contributed by atoms with E-state index in [4.69, 9.17) is 0 Å². The van der Waals surface area contributed by atoms with Gasteiger partial charge in [0, 0.05) is 10.8 Å². The van der Waals surface area contributed by atoms with Crippen LogP contribution in [0, 0.1) is 0 Å². The van der Waals surface area contributed by atoms with E-state index in [0.29, 0.717) is 21.4 Å². The van der Waals surface area contributed by atoms with Gasteiger partial charge < -0.3 is 4.55 Å². The first kappa shape index (κ1) is 16.8. The second-order valence-electron chi connectivity index (χ2n) is 5.22. The summed E-state index contributed by atoms with van der Waals surface area (Å²) in [5, 5.41) is 1.27. The third-order valence-electron chi connectivity index (χ3n) is 3.70. The van der Waals surface area contributed by atoms with Crippen molar-refractivity contribution >= 4 is 31.8 Å². The van der Waals surface area contributed by atoms with E-state index < -0.39 is 21.0 Å². The van der Waals surface area contributed by atoms with E-state index in [-0.39, 0.29) is 9.79 Å². The molecule has 0 aliphatic rings. The van der Waals surface area contributed by atoms with Crippen molar-refractivity contribution < 1.29 is 13.0 Å². The van der Waals surface area contributed by atoms with Crippen LogP contribution < -0.4 is 0 Å². The maximum Gasteiger partial charge on any atom is 0.207 e. The molecule has 0 saturated heterocycles. The maximum absolute atomic E-state index is 13.0. The molecule has 0 N–H and O–H groups in total. The van der Waals surface area contributed by atoms with Crippen LogP contribution in [0.4, 0.5) is 0 Å². The summed E-state index contributed by atoms with van der Waals surface area (Å²) in [6.45, 7) is 3.61. The third-order valence-corrected chi connectivity index (χ3v) is 6.91. The zero-order chi connectivity index (χ0) is 17.2. The fourth-order valence-corrected chi connectivity index (χ4v) is 5.12. The zero-order valence-electron chi connectivity index (χ0n) is 12.9. The molecule has 0 saturated carbocycles. The monoisotopic (exact) mass is 356 g/mol. The predicted octanol–water partition coefficient (Wildman–Crippen LogP) is 3.97. The summed E-state index contributed by atoms with van der Waals surface area (Å²) in [6, 6.07) is 18.7. The lowest BCUT2D eigenvalue weighted by molar-refractivity contribution is 0.595. The second-order valence-corrected chi connectivity index (χ2v) is 8.61. The van der Waals surface area contributed by atoms with Crippen molar-refractivity contribution in [1.82, 2.24) is 0 Å². The van der Waals surface area contributed by atoms with Crippen LogP contribution in [0.2, 0.25) is 0 Å². The number of hydrogen-bond acceptors (Lipinski definition) is 3. The summed E-state index contributed by atoms with van der Waals surface area (Å²) >= 11 is -1.25. The van der Waals surface area contributed by atoms with Gasteiger partial charge in [0.25, 0.3) is 0 Å². The maximum atomic E-state index is 13.0. The fourth-order valence-electron chi connectivity index (χ4n) is 2.60. The number of sulfone groups is 1. The normalized spacial score (nSPS) is 12.9. The average Bonchev–Trinajstić information content (AvgIpc) is 2.61. The molecule has 24 heavy (non-hydrogen) atoms. The van der Waals surface area contributed by atoms with E-state index in [9.17, 15) is 13.0 Å². The van der Waals surface area contributed by atoms with E-state index in [1.54, 1.807) is 66.7 Å². The van der Waals surface area contributed by atoms with Gasteiger partial charge in [-0.25, -0.2) is 8.42 Å². The molecule has 0 heterocycles. The number of rotatable bonds is 5. The Morgan fingerprint density at radius 1 is 0.917 bits per heavy atom. The van der Waals surface area contributed by atoms with Gasteiger partial charge in [0.05, 0.1) is 9.79 Å². The molecule has 1 atom stereocenters. The van der Waals surface area contributed by atoms with Crippen molar-refractivity contribution in [2.45, 2.75) is 14.7 Å². The predicted molar refractivity (Wildman–Crippen MR) is 97.3 cm³/mol. The molecule has 0 spiro atoms. The SMILES string of the molecule is C=CC[S+]([O-])c1ccc(S(=O)(=O)c2ccccc2)c2ccccc12. The molecular weight excluding hydrogens is 340 g/mol. The van der Waals surface area contributed by atoms with Crippen LogP contribution in [0.5, 0.6) is 0 Å². The van der Waals surface area contributed by atoms with Crippen molar-refractivity contribution in [3.8, 4) is 0 Å². The van der Waals surface area contributed by atoms with E-state index in [0.717, 1.165) is 0 Å². The Labute approximate surface area is 144 Å². The van der Waals surface area contributed by atoms with Gasteiger partial charge in [0.2, 0.25) is 9.84 Å². The molecule has 3 aromatic rings. The van der Waals surface area contributed by atoms with Crippen LogP contribution in [-0.2, 0) is 21.0 Å². The molecule has 0 aliphatic heterocycles. The minimum absolute atomic E-state index is 0.226. The van der Waals surface area contributed by atoms with Crippen molar-refractivity contribution in [2.75, 3.05) is 5.75 Å². The van der Waals surface area contributed by atoms with Gasteiger partial charge in [-0.05, 0) is 47.6 Å². The third kappa shape index (κ3) is 2.98. The average molecular weight is 356 g/mol. The first-order valence-electron chi connectivity index (χ1n) is 7.37. The lowest BCUT2D eigenvalue weighted by atomic mass is 10.1. The first-order chi connectivity index (χ1) is 11.6. The van der Waals surface area contributed by atoms with Crippen LogP contribution in [0.25, 0.3) is 10.8 Å². The lowest BCUT2D eigenvalue weighted by Gasteiger charge is -2.14. The summed E-state index contributed by atoms with van der Waals surface area (Å²) in [7, 11) is -3.64. The molecule has 3 nitrogen and oxygen atoms in total. The van der Waals surface area contributed by atoms with Crippen LogP contribution in [0.3, 0.4) is 0 Å². The highest BCUT2D eigenvalue weighted by Crippen LogP contribution is 2.32. The highest BCUT2D eigenvalue weighted by Gasteiger charge is 2.23. The molecule has 1 unspecified atom stereocenters. The van der Waals surface area contributed by atoms with Crippen LogP contribution in [0.15, 0.2) is 94.1 Å². The number of fused-ring (bicyclic) bond motifs is 1. The van der Waals surface area contributed by atoms with E-state index >= 15 is 0 Å². The molecule has 0 radical (unpaired) electrons. The van der Waals surface area contributed by atoms with E-state index in [2.05, 4.69) is 6.58 Å². The summed E-state index contributed by atoms with van der Waals surface area (Å²) in [4.78, 5) is 1.09. The smallest absolute Gasteiger partial charge is 0.207 e. The Bertz CT molecular complexity index is 980. The van der Waals surface area contributed by atoms with Gasteiger partial charge in [0.1, 0.15) is 5.75 Å². The minimum Gasteiger partial charge on any atom is -0.611 e. The quantitative estimate of drug-likeness (QED) is 0.513. The molecule has 5 heteroatoms. The molecule has 3 rings (SSSR count). The summed E-state index contributed by atoms with van der Waals surface area (Å²) < 4.78 is 38.3. The highest BCUT2D eigenvalue weighted by atomic mass is 32.2. The summed E-state index contributed by atoms with van der Waals surface area (Å²) in [6.07, 6.45) is 1.60. The van der Waals surface area contributed by atoms with Gasteiger partial charge in [-0.3, -0.25) is 0 Å². The number of hydrogen-bond donors (Lipinski definition) is 0. The standard InChI is InChI=1S/C19H16O3S2/c1-2-14-23(20)18-12-13-19(17-11-7-6-10-16(17)18)24(21,22)15-8-4-3-5-9-15/h2-13H,1,14H2. The van der Waals surface area contributed by atoms with Gasteiger partial charge in [-0.15, -0.1) is 0 Å². The summed E-state index contributed by atoms with van der Waals surface area (Å²) in [5.74, 6) is 0.328. The second kappa shape index (κ2) is 6.81. The van der Waals surface area contributed by atoms with Gasteiger partial charge in [-0.2, -0.15) is 0 Å². The van der Waals surface area contributed by atoms with Gasteiger partial charge in [0.15, 0.2) is 4.90 Å². The van der Waals surface area contributed by atoms with Gasteiger partial charge >= 0.3 is 0 Å². The molecule has 0 bridgehead atoms. The Balaban J connectivity index is 2.25. The van der Waals surface area contributed by atoms with Crippen molar-refractivity contribution in [3.63, 3.8) is 0 Å². The number of benzene rings is 3. The molecule has 0 aliphatic carbocycles. The first-order valence-corrected chi connectivity index (χ1v) is 10.2. The molecule has 0 amide bonds. The van der Waals surface area contributed by atoms with E-state index in [1.165, 1.54) is 0 Å². The fraction of sp³-hybridized carbons (Fsp3) is 0.0526. The molecular formula is C19H16O3S2. The molecule has 3 aromatic carbocycles. The van der Waals surface area contributed by atoms with Crippen molar-refractivity contribution in [1.29, 1.82) is 0 Å². The van der Waals surface area contributed by atoms with Crippen molar-refractivity contribution in [3.05, 3.63) is 79.4 Å². The minimum atomic E-state index is -3.64. The summed E-state index contributed by atoms with van der Waals surface area (Å²) in [5.41, 5.74) is 0. The van der Waals surface area contributed by atoms with Crippen LogP contribution in [0.1, 0.15) is 0 Å². The highest BCUT2D eigenvalue weighted by molar-refractivity contribution is 7.92. The Hall–Kier alpha value is -2.08. The molecule has 122 valence electrons. The zero-order valence-corrected chi connectivity index (χ0v) is 14.5. The Morgan fingerprint density at radius 3 is 2.21 bits per heavy atom. The van der Waals surface area contributed by atoms with Crippen LogP contribution in [-0.4, -0.2) is 18.7 Å². The lowest BCUT2D eigenvalue weighted by Crippen LogP contribution is -2.08. The Morgan fingerprint density at radius 2 is 1.54 bits per heavy atom. The van der Waals surface area contributed by atoms with E-state index in [1.807, 2.05) is 6.07 Å². The van der Waals surface area contributed by atoms with Gasteiger partial charge in [-0.1, -0.05) is 43.0 Å².